The molecule has 0 bridgehead atoms. The average Bonchev–Trinajstić information content (AvgIpc) is 2.86. The van der Waals surface area contributed by atoms with Crippen LogP contribution in [0.3, 0.4) is 0 Å². The fraction of sp³-hybridized carbons (Fsp3) is 0.714. The van der Waals surface area contributed by atoms with E-state index in [1.54, 1.807) is 7.11 Å². The Morgan fingerprint density at radius 2 is 2.00 bits per heavy atom. The predicted molar refractivity (Wildman–Crippen MR) is 105 cm³/mol. The van der Waals surface area contributed by atoms with Crippen LogP contribution < -0.4 is 9.20 Å². The van der Waals surface area contributed by atoms with Crippen molar-refractivity contribution in [2.24, 2.45) is 5.92 Å². The summed E-state index contributed by atoms with van der Waals surface area (Å²) in [5.41, 5.74) is 1.01. The van der Waals surface area contributed by atoms with E-state index in [4.69, 9.17) is 9.47 Å². The molecule has 142 valence electrons. The summed E-state index contributed by atoms with van der Waals surface area (Å²) >= 11 is 0.221. The van der Waals surface area contributed by atoms with Crippen molar-refractivity contribution in [3.8, 4) is 5.75 Å². The summed E-state index contributed by atoms with van der Waals surface area (Å²) in [4.78, 5) is 0.540. The van der Waals surface area contributed by atoms with Crippen molar-refractivity contribution in [1.29, 1.82) is 0 Å². The van der Waals surface area contributed by atoms with Crippen LogP contribution in [0.25, 0.3) is 0 Å². The van der Waals surface area contributed by atoms with Gasteiger partial charge in [-0.15, -0.1) is 0 Å². The number of hydrogen-bond acceptors (Lipinski definition) is 3. The summed E-state index contributed by atoms with van der Waals surface area (Å²) in [6.07, 6.45) is 6.47. The Morgan fingerprint density at radius 1 is 1.24 bits per heavy atom. The predicted octanol–water partition coefficient (Wildman–Crippen LogP) is 4.26. The zero-order valence-corrected chi connectivity index (χ0v) is 18.0. The van der Waals surface area contributed by atoms with Crippen molar-refractivity contribution in [2.75, 3.05) is 7.11 Å². The molecular formula is C21H34O3Se. The zero-order chi connectivity index (χ0) is 18.4. The first-order valence-electron chi connectivity index (χ1n) is 9.66. The number of methoxy groups -OCH3 is 1. The van der Waals surface area contributed by atoms with Crippen molar-refractivity contribution in [1.82, 2.24) is 0 Å². The molecule has 1 N–H and O–H groups in total. The van der Waals surface area contributed by atoms with E-state index in [9.17, 15) is 5.11 Å². The van der Waals surface area contributed by atoms with Crippen LogP contribution >= 0.6 is 0 Å². The molecule has 2 rings (SSSR count). The number of benzene rings is 1. The molecule has 3 nitrogen and oxygen atoms in total. The van der Waals surface area contributed by atoms with Gasteiger partial charge in [0, 0.05) is 0 Å². The van der Waals surface area contributed by atoms with Crippen LogP contribution in [0, 0.1) is 5.92 Å². The second-order valence-corrected chi connectivity index (χ2v) is 9.72. The Balaban J connectivity index is 2.18. The Morgan fingerprint density at radius 3 is 2.64 bits per heavy atom. The summed E-state index contributed by atoms with van der Waals surface area (Å²) in [5, 5.41) is 10.2. The molecule has 1 saturated heterocycles. The van der Waals surface area contributed by atoms with Gasteiger partial charge in [0.25, 0.3) is 0 Å². The number of aliphatic hydroxyl groups is 1. The topological polar surface area (TPSA) is 38.7 Å². The molecule has 0 unspecified atom stereocenters. The van der Waals surface area contributed by atoms with Crippen LogP contribution in [0.2, 0.25) is 4.82 Å². The van der Waals surface area contributed by atoms with Crippen LogP contribution in [-0.2, 0) is 4.74 Å². The van der Waals surface area contributed by atoms with E-state index >= 15 is 0 Å². The van der Waals surface area contributed by atoms with Gasteiger partial charge in [0.05, 0.1) is 0 Å². The van der Waals surface area contributed by atoms with Gasteiger partial charge in [0.2, 0.25) is 0 Å². The molecule has 1 aliphatic heterocycles. The summed E-state index contributed by atoms with van der Waals surface area (Å²) in [5.74, 6) is 1.46. The maximum absolute atomic E-state index is 10.2. The fourth-order valence-corrected chi connectivity index (χ4v) is 7.13. The number of ether oxygens (including phenoxy) is 2. The first-order chi connectivity index (χ1) is 12.0. The minimum absolute atomic E-state index is 0.221. The molecule has 1 aliphatic rings. The van der Waals surface area contributed by atoms with Crippen LogP contribution in [0.15, 0.2) is 18.2 Å². The Bertz CT molecular complexity index is 532. The zero-order valence-electron chi connectivity index (χ0n) is 16.3. The molecule has 0 amide bonds. The van der Waals surface area contributed by atoms with Crippen molar-refractivity contribution in [2.45, 2.75) is 82.9 Å². The Kier molecular flexibility index (Phi) is 8.28. The molecule has 5 atom stereocenters. The van der Waals surface area contributed by atoms with Crippen LogP contribution in [0.1, 0.15) is 71.5 Å². The molecule has 1 fully saturated rings. The second kappa shape index (κ2) is 9.97. The first-order valence-corrected chi connectivity index (χ1v) is 11.5. The fourth-order valence-electron chi connectivity index (χ4n) is 3.56. The third-order valence-corrected chi connectivity index (χ3v) is 8.81. The van der Waals surface area contributed by atoms with E-state index in [0.717, 1.165) is 17.7 Å². The van der Waals surface area contributed by atoms with E-state index in [1.165, 1.54) is 30.1 Å². The molecule has 0 aromatic heterocycles. The standard InChI is InChI=1S/C21H34O3Se/c1-6-7-8-9-12-19-20(14(2)16(4)24-19)25-21-17(15(3)22)11-10-13-18(21)23-5/h10-11,13-16,19-20,22H,6-9,12H2,1-5H3/t14-,15-,16-,19+,20-/m0/s1. The molecule has 4 heteroatoms. The van der Waals surface area contributed by atoms with Gasteiger partial charge in [-0.2, -0.15) is 0 Å². The molecule has 0 aliphatic carbocycles. The maximum atomic E-state index is 10.2. The molecule has 1 aromatic rings. The number of rotatable bonds is 9. The molecule has 1 aromatic carbocycles. The van der Waals surface area contributed by atoms with Gasteiger partial charge in [-0.1, -0.05) is 0 Å². The van der Waals surface area contributed by atoms with E-state index < -0.39 is 6.10 Å². The molecule has 0 saturated carbocycles. The van der Waals surface area contributed by atoms with Crippen LogP contribution in [0.4, 0.5) is 0 Å². The molecule has 25 heavy (non-hydrogen) atoms. The van der Waals surface area contributed by atoms with Gasteiger partial charge >= 0.3 is 159 Å². The van der Waals surface area contributed by atoms with Gasteiger partial charge in [-0.05, 0) is 0 Å². The van der Waals surface area contributed by atoms with Crippen molar-refractivity contribution < 1.29 is 14.6 Å². The van der Waals surface area contributed by atoms with Gasteiger partial charge in [-0.25, -0.2) is 0 Å². The monoisotopic (exact) mass is 414 g/mol. The van der Waals surface area contributed by atoms with E-state index in [0.29, 0.717) is 22.9 Å². The Labute approximate surface area is 159 Å². The average molecular weight is 413 g/mol. The number of hydrogen-bond donors (Lipinski definition) is 1. The Hall–Kier alpha value is -0.541. The molecule has 0 radical (unpaired) electrons. The SMILES string of the molecule is CCCCCC[C@H]1O[C@@H](C)[C@H](C)[C@@H]1[Se]c1c(OC)cccc1[C@H](C)O. The number of unbranched alkanes of at least 4 members (excludes halogenated alkanes) is 3. The van der Waals surface area contributed by atoms with Gasteiger partial charge in [0.15, 0.2) is 0 Å². The van der Waals surface area contributed by atoms with Gasteiger partial charge < -0.3 is 0 Å². The first kappa shape index (κ1) is 20.8. The quantitative estimate of drug-likeness (QED) is 0.486. The third kappa shape index (κ3) is 5.23. The molecule has 0 spiro atoms. The summed E-state index contributed by atoms with van der Waals surface area (Å²) in [6.45, 7) is 8.62. The summed E-state index contributed by atoms with van der Waals surface area (Å²) in [6, 6.07) is 6.02. The van der Waals surface area contributed by atoms with Crippen molar-refractivity contribution >= 4 is 19.4 Å². The van der Waals surface area contributed by atoms with E-state index in [1.807, 2.05) is 25.1 Å². The normalized spacial score (nSPS) is 27.4. The van der Waals surface area contributed by atoms with E-state index in [2.05, 4.69) is 20.8 Å². The van der Waals surface area contributed by atoms with Gasteiger partial charge in [0.1, 0.15) is 0 Å². The van der Waals surface area contributed by atoms with Crippen molar-refractivity contribution in [3.63, 3.8) is 0 Å². The second-order valence-electron chi connectivity index (χ2n) is 7.23. The minimum atomic E-state index is -0.468. The third-order valence-electron chi connectivity index (χ3n) is 5.29. The number of aliphatic hydroxyl groups excluding tert-OH is 1. The van der Waals surface area contributed by atoms with Crippen molar-refractivity contribution in [3.05, 3.63) is 23.8 Å². The van der Waals surface area contributed by atoms with Crippen LogP contribution in [-0.4, -0.2) is 39.4 Å². The molecular weight excluding hydrogens is 379 g/mol. The summed E-state index contributed by atoms with van der Waals surface area (Å²) < 4.78 is 13.2. The molecule has 1 heterocycles. The van der Waals surface area contributed by atoms with Gasteiger partial charge in [-0.3, -0.25) is 0 Å². The summed E-state index contributed by atoms with van der Waals surface area (Å²) in [7, 11) is 1.72. The van der Waals surface area contributed by atoms with E-state index in [-0.39, 0.29) is 15.0 Å². The van der Waals surface area contributed by atoms with Crippen LogP contribution in [0.5, 0.6) is 5.75 Å².